The minimum absolute atomic E-state index is 0.0222. The highest BCUT2D eigenvalue weighted by molar-refractivity contribution is 6.20. The van der Waals surface area contributed by atoms with Crippen LogP contribution in [0.2, 0.25) is 0 Å². The summed E-state index contributed by atoms with van der Waals surface area (Å²) < 4.78 is 53.1. The monoisotopic (exact) mass is 486 g/mol. The lowest BCUT2D eigenvalue weighted by molar-refractivity contribution is -0.161. The third-order valence-electron chi connectivity index (χ3n) is 6.17. The topological polar surface area (TPSA) is 130 Å². The maximum Gasteiger partial charge on any atom is 0.406 e. The number of hydrogen-bond acceptors (Lipinski definition) is 7. The second-order valence-electron chi connectivity index (χ2n) is 8.31. The number of nitrogens with two attached hydrogens (primary N) is 1. The predicted octanol–water partition coefficient (Wildman–Crippen LogP) is 2.84. The molecule has 0 radical (unpaired) electrons. The van der Waals surface area contributed by atoms with Gasteiger partial charge in [-0.25, -0.2) is 15.4 Å². The molecular weight excluding hydrogens is 465 g/mol. The Kier molecular flexibility index (Phi) is 5.20. The number of aromatic nitrogens is 1. The first kappa shape index (κ1) is 22.7. The van der Waals surface area contributed by atoms with Crippen molar-refractivity contribution in [1.29, 1.82) is 5.41 Å². The number of amidine groups is 1. The normalized spacial score (nSPS) is 22.4. The Hall–Kier alpha value is -4.06. The molecule has 0 spiro atoms. The summed E-state index contributed by atoms with van der Waals surface area (Å²) in [7, 11) is 1.41. The molecule has 1 aromatic heterocycles. The van der Waals surface area contributed by atoms with Crippen LogP contribution < -0.4 is 21.2 Å². The van der Waals surface area contributed by atoms with Crippen LogP contribution in [-0.2, 0) is 4.79 Å². The van der Waals surface area contributed by atoms with E-state index < -0.39 is 30.2 Å². The van der Waals surface area contributed by atoms with Crippen molar-refractivity contribution in [2.45, 2.75) is 31.2 Å². The van der Waals surface area contributed by atoms with E-state index in [0.29, 0.717) is 16.8 Å². The fourth-order valence-electron chi connectivity index (χ4n) is 4.56. The molecule has 3 unspecified atom stereocenters. The van der Waals surface area contributed by atoms with Gasteiger partial charge in [-0.2, -0.15) is 13.2 Å². The average Bonchev–Trinajstić information content (AvgIpc) is 3.40. The molecular formula is C23H21F3N6O3. The molecule has 1 fully saturated rings. The molecule has 0 aliphatic carbocycles. The van der Waals surface area contributed by atoms with Gasteiger partial charge in [0.25, 0.3) is 5.91 Å². The standard InChI is InChI=1S/C23H21F3N6O3/c1-10-15(21-30-17-13(34-2)8-12(19(27)28)9-14(17)35-21)22(33)32-20(29-10)16(11-6-4-3-5-7-11)18(31-32)23(24,25)26/h3-9,16,18,20,29,31H,1-2H3,(H3,27,28). The largest absolute Gasteiger partial charge is 0.494 e. The number of hydrazine groups is 1. The van der Waals surface area contributed by atoms with Gasteiger partial charge in [0.2, 0.25) is 5.89 Å². The second kappa shape index (κ2) is 8.01. The number of hydrogen-bond donors (Lipinski definition) is 4. The first-order chi connectivity index (χ1) is 16.6. The molecule has 2 aliphatic rings. The van der Waals surface area contributed by atoms with Crippen molar-refractivity contribution in [3.05, 3.63) is 65.2 Å². The van der Waals surface area contributed by atoms with Crippen LogP contribution in [0.5, 0.6) is 5.75 Å². The van der Waals surface area contributed by atoms with Gasteiger partial charge in [-0.15, -0.1) is 0 Å². The zero-order chi connectivity index (χ0) is 25.1. The number of alkyl halides is 3. The van der Waals surface area contributed by atoms with E-state index in [2.05, 4.69) is 15.7 Å². The SMILES string of the molecule is COc1cc(C(=N)N)cc2oc(C3=C(C)NC4C(c5ccccc5)C(C(F)(F)F)NN4C3=O)nc12. The number of benzene rings is 2. The Morgan fingerprint density at radius 1 is 1.26 bits per heavy atom. The molecule has 3 atom stereocenters. The number of nitrogens with one attached hydrogen (secondary N) is 3. The first-order valence-corrected chi connectivity index (χ1v) is 10.6. The molecule has 182 valence electrons. The Balaban J connectivity index is 1.59. The Morgan fingerprint density at radius 2 is 1.97 bits per heavy atom. The minimum atomic E-state index is -4.61. The Bertz CT molecular complexity index is 1370. The lowest BCUT2D eigenvalue weighted by Crippen LogP contribution is -2.54. The molecule has 2 aliphatic heterocycles. The number of carbonyl (C=O) groups is 1. The number of allylic oxidation sites excluding steroid dienone is 1. The molecule has 12 heteroatoms. The van der Waals surface area contributed by atoms with Crippen molar-refractivity contribution in [2.75, 3.05) is 7.11 Å². The van der Waals surface area contributed by atoms with Crippen LogP contribution >= 0.6 is 0 Å². The number of oxazole rings is 1. The van der Waals surface area contributed by atoms with E-state index in [4.69, 9.17) is 20.3 Å². The number of rotatable bonds is 4. The molecule has 35 heavy (non-hydrogen) atoms. The number of nitrogens with zero attached hydrogens (tertiary/aromatic N) is 2. The van der Waals surface area contributed by atoms with Crippen molar-refractivity contribution < 1.29 is 27.1 Å². The summed E-state index contributed by atoms with van der Waals surface area (Å²) in [6.45, 7) is 1.58. The molecule has 0 saturated carbocycles. The van der Waals surface area contributed by atoms with Gasteiger partial charge in [0, 0.05) is 11.3 Å². The van der Waals surface area contributed by atoms with Gasteiger partial charge in [-0.1, -0.05) is 30.3 Å². The average molecular weight is 486 g/mol. The fraction of sp³-hybridized carbons (Fsp3) is 0.261. The van der Waals surface area contributed by atoms with E-state index in [1.54, 1.807) is 37.3 Å². The van der Waals surface area contributed by atoms with Crippen LogP contribution in [0.4, 0.5) is 13.2 Å². The van der Waals surface area contributed by atoms with Crippen LogP contribution in [0.1, 0.15) is 29.9 Å². The summed E-state index contributed by atoms with van der Waals surface area (Å²) in [6, 6.07) is 9.25. The predicted molar refractivity (Wildman–Crippen MR) is 120 cm³/mol. The maximum atomic E-state index is 14.0. The second-order valence-corrected chi connectivity index (χ2v) is 8.31. The zero-order valence-electron chi connectivity index (χ0n) is 18.6. The van der Waals surface area contributed by atoms with E-state index in [1.165, 1.54) is 19.2 Å². The number of ether oxygens (including phenoxy) is 1. The highest BCUT2D eigenvalue weighted by Gasteiger charge is 2.58. The van der Waals surface area contributed by atoms with E-state index in [9.17, 15) is 18.0 Å². The summed E-state index contributed by atoms with van der Waals surface area (Å²) in [5.74, 6) is -1.84. The van der Waals surface area contributed by atoms with Gasteiger partial charge in [0.15, 0.2) is 11.1 Å². The molecule has 3 heterocycles. The number of methoxy groups -OCH3 is 1. The molecule has 5 N–H and O–H groups in total. The van der Waals surface area contributed by atoms with Crippen molar-refractivity contribution in [3.8, 4) is 5.75 Å². The third-order valence-corrected chi connectivity index (χ3v) is 6.17. The van der Waals surface area contributed by atoms with E-state index in [-0.39, 0.29) is 34.1 Å². The number of amides is 1. The summed E-state index contributed by atoms with van der Waals surface area (Å²) in [5, 5.41) is 11.7. The van der Waals surface area contributed by atoms with Crippen LogP contribution in [0.15, 0.2) is 52.6 Å². The molecule has 1 saturated heterocycles. The number of carbonyl (C=O) groups excluding carboxylic acids is 1. The van der Waals surface area contributed by atoms with Gasteiger partial charge < -0.3 is 20.2 Å². The van der Waals surface area contributed by atoms with Crippen molar-refractivity contribution >= 4 is 28.4 Å². The van der Waals surface area contributed by atoms with Gasteiger partial charge in [-0.05, 0) is 24.6 Å². The third kappa shape index (κ3) is 3.66. The van der Waals surface area contributed by atoms with E-state index in [0.717, 1.165) is 5.01 Å². The minimum Gasteiger partial charge on any atom is -0.494 e. The summed E-state index contributed by atoms with van der Waals surface area (Å²) >= 11 is 0. The highest BCUT2D eigenvalue weighted by Crippen LogP contribution is 2.42. The van der Waals surface area contributed by atoms with Gasteiger partial charge >= 0.3 is 6.18 Å². The molecule has 9 nitrogen and oxygen atoms in total. The van der Waals surface area contributed by atoms with Crippen LogP contribution in [0, 0.1) is 5.41 Å². The lowest BCUT2D eigenvalue weighted by atomic mass is 9.89. The number of nitrogen functional groups attached to an aromatic ring is 1. The van der Waals surface area contributed by atoms with Crippen molar-refractivity contribution in [1.82, 2.24) is 20.7 Å². The van der Waals surface area contributed by atoms with Gasteiger partial charge in [0.1, 0.15) is 29.4 Å². The molecule has 2 aromatic carbocycles. The van der Waals surface area contributed by atoms with Crippen LogP contribution in [-0.4, -0.2) is 47.2 Å². The maximum absolute atomic E-state index is 14.0. The van der Waals surface area contributed by atoms with Gasteiger partial charge in [0.05, 0.1) is 13.0 Å². The molecule has 3 aromatic rings. The highest BCUT2D eigenvalue weighted by atomic mass is 19.4. The van der Waals surface area contributed by atoms with Gasteiger partial charge in [-0.3, -0.25) is 10.2 Å². The Morgan fingerprint density at radius 3 is 2.60 bits per heavy atom. The lowest BCUT2D eigenvalue weighted by Gasteiger charge is -2.34. The molecule has 5 rings (SSSR count). The zero-order valence-corrected chi connectivity index (χ0v) is 18.6. The molecule has 0 bridgehead atoms. The molecule has 1 amide bonds. The quantitative estimate of drug-likeness (QED) is 0.330. The summed E-state index contributed by atoms with van der Waals surface area (Å²) in [6.07, 6.45) is -5.59. The number of fused-ring (bicyclic) bond motifs is 2. The van der Waals surface area contributed by atoms with Crippen LogP contribution in [0.3, 0.4) is 0 Å². The first-order valence-electron chi connectivity index (χ1n) is 10.6. The number of halogens is 3. The summed E-state index contributed by atoms with van der Waals surface area (Å²) in [5.41, 5.74) is 9.49. The van der Waals surface area contributed by atoms with Crippen molar-refractivity contribution in [3.63, 3.8) is 0 Å². The van der Waals surface area contributed by atoms with Crippen LogP contribution in [0.25, 0.3) is 16.7 Å². The summed E-state index contributed by atoms with van der Waals surface area (Å²) in [4.78, 5) is 17.9. The fourth-order valence-corrected chi connectivity index (χ4v) is 4.56. The smallest absolute Gasteiger partial charge is 0.406 e. The van der Waals surface area contributed by atoms with E-state index in [1.807, 2.05) is 0 Å². The van der Waals surface area contributed by atoms with Crippen molar-refractivity contribution in [2.24, 2.45) is 5.73 Å². The Labute approximate surface area is 197 Å². The van der Waals surface area contributed by atoms with E-state index >= 15 is 0 Å².